The van der Waals surface area contributed by atoms with Crippen molar-refractivity contribution >= 4 is 18.2 Å². The van der Waals surface area contributed by atoms with E-state index < -0.39 is 242 Å². The average Bonchev–Trinajstić information content (AvgIpc) is 0.676. The van der Waals surface area contributed by atoms with Crippen molar-refractivity contribution in [3.05, 3.63) is 11.6 Å². The van der Waals surface area contributed by atoms with Gasteiger partial charge in [0, 0.05) is 0 Å². The van der Waals surface area contributed by atoms with Gasteiger partial charge in [-0.2, -0.15) is 0 Å². The molecule has 96 heavy (non-hydrogen) atoms. The van der Waals surface area contributed by atoms with Gasteiger partial charge in [0.15, 0.2) is 43.7 Å². The highest BCUT2D eigenvalue weighted by Gasteiger charge is 2.71. The van der Waals surface area contributed by atoms with Crippen molar-refractivity contribution in [1.29, 1.82) is 0 Å². The highest BCUT2D eigenvalue weighted by Crippen LogP contribution is 2.76. The number of ether oxygens (including phenoxy) is 12. The fourth-order valence-electron chi connectivity index (χ4n) is 18.9. The van der Waals surface area contributed by atoms with E-state index in [1.165, 1.54) is 20.8 Å². The number of hydrogen-bond acceptors (Lipinski definition) is 30. The Labute approximate surface area is 555 Å². The first-order valence-electron chi connectivity index (χ1n) is 33.8. The molecule has 10 fully saturated rings. The number of carboxylic acid groups (broad SMARTS) is 1. The summed E-state index contributed by atoms with van der Waals surface area (Å²) in [7, 11) is 0. The zero-order chi connectivity index (χ0) is 70.2. The number of carboxylic acids is 1. The summed E-state index contributed by atoms with van der Waals surface area (Å²) < 4.78 is 72.9. The molecule has 16 N–H and O–H groups in total. The second-order valence-electron chi connectivity index (χ2n) is 31.1. The minimum atomic E-state index is -2.10. The number of allylic oxidation sites excluding steroid dienone is 2. The lowest BCUT2D eigenvalue weighted by molar-refractivity contribution is -0.390. The Morgan fingerprint density at radius 2 is 1.09 bits per heavy atom. The molecule has 31 heteroatoms. The van der Waals surface area contributed by atoms with Crippen LogP contribution in [0.5, 0.6) is 0 Å². The van der Waals surface area contributed by atoms with Crippen LogP contribution >= 0.6 is 0 Å². The van der Waals surface area contributed by atoms with Crippen LogP contribution < -0.4 is 0 Å². The van der Waals surface area contributed by atoms with Crippen molar-refractivity contribution in [1.82, 2.24) is 0 Å². The van der Waals surface area contributed by atoms with Crippen molar-refractivity contribution < 1.29 is 153 Å². The lowest BCUT2D eigenvalue weighted by atomic mass is 9.33. The lowest BCUT2D eigenvalue weighted by Gasteiger charge is -2.71. The number of esters is 1. The third-order valence-electron chi connectivity index (χ3n) is 25.1. The molecule has 6 aliphatic heterocycles. The van der Waals surface area contributed by atoms with Crippen molar-refractivity contribution in [2.75, 3.05) is 13.2 Å². The van der Waals surface area contributed by atoms with Crippen LogP contribution in [0.3, 0.4) is 0 Å². The van der Waals surface area contributed by atoms with Gasteiger partial charge >= 0.3 is 11.9 Å². The quantitative estimate of drug-likeness (QED) is 0.0329. The molecule has 6 saturated heterocycles. The fourth-order valence-corrected chi connectivity index (χ4v) is 18.9. The van der Waals surface area contributed by atoms with Gasteiger partial charge in [-0.05, 0) is 124 Å². The number of carbonyl (C=O) groups is 3. The maximum atomic E-state index is 16.0. The normalized spacial score (nSPS) is 55.0. The van der Waals surface area contributed by atoms with E-state index in [2.05, 4.69) is 40.7 Å². The second kappa shape index (κ2) is 27.5. The van der Waals surface area contributed by atoms with Crippen LogP contribution in [0.1, 0.15) is 127 Å². The number of hydrogen-bond donors (Lipinski definition) is 16. The number of fused-ring (bicyclic) bond motifs is 7. The molecule has 0 amide bonds. The van der Waals surface area contributed by atoms with Crippen molar-refractivity contribution in [3.63, 3.8) is 0 Å². The smallest absolute Gasteiger partial charge is 0.335 e. The van der Waals surface area contributed by atoms with Crippen LogP contribution in [0.4, 0.5) is 0 Å². The second-order valence-corrected chi connectivity index (χ2v) is 31.1. The maximum Gasteiger partial charge on any atom is 0.335 e. The van der Waals surface area contributed by atoms with Crippen LogP contribution in [0.25, 0.3) is 0 Å². The van der Waals surface area contributed by atoms with E-state index in [1.54, 1.807) is 6.92 Å². The van der Waals surface area contributed by atoms with E-state index in [-0.39, 0.29) is 23.7 Å². The van der Waals surface area contributed by atoms with Gasteiger partial charge in [0.25, 0.3) is 0 Å². The summed E-state index contributed by atoms with van der Waals surface area (Å²) in [6.07, 6.45) is -43.0. The average molecular weight is 1380 g/mol. The lowest BCUT2D eigenvalue weighted by Crippen LogP contribution is -2.68. The van der Waals surface area contributed by atoms with Crippen LogP contribution in [-0.2, 0) is 71.2 Å². The van der Waals surface area contributed by atoms with Gasteiger partial charge in [-0.1, -0.05) is 53.2 Å². The number of carbonyl (C=O) groups excluding carboxylic acids is 2. The van der Waals surface area contributed by atoms with Crippen molar-refractivity contribution in [2.24, 2.45) is 50.2 Å². The van der Waals surface area contributed by atoms with E-state index in [0.717, 1.165) is 11.9 Å². The molecular weight excluding hydrogens is 1280 g/mol. The molecular formula is C65H102O31. The Balaban J connectivity index is 0.865. The summed E-state index contributed by atoms with van der Waals surface area (Å²) in [6.45, 7) is 15.9. The standard InChI is InChI=1S/C65H102O31/c1-24-34(69)38(73)44(79)54(86-24)92-48-35(70)25(2)87-58(51(48)95-55-46(81)42(77)47(26(3)88-55)91-53-43(78)36(71)29(68)22-85-53)96-59(84)65-18-16-60(4,5)20-28(65)27-10-11-32-61(6)14-13-33(62(7,23-67)31(61)12-15-64(32,9)63(27,8)17-19-65)90-57-50(41(76)40(75)49(93-57)52(82)83)94-56-45(80)39(74)37(72)30(21-66)89-56/h10,23-26,28-51,53-58,66,68-81H,11-22H2,1-9H3,(H,82,83). The molecule has 0 aromatic carbocycles. The molecule has 6 heterocycles. The van der Waals surface area contributed by atoms with E-state index in [9.17, 15) is 91.3 Å². The number of rotatable bonds is 15. The summed E-state index contributed by atoms with van der Waals surface area (Å²) in [4.78, 5) is 42.4. The number of aliphatic hydroxyl groups is 15. The van der Waals surface area contributed by atoms with E-state index in [1.807, 2.05) is 0 Å². The summed E-state index contributed by atoms with van der Waals surface area (Å²) in [5.74, 6) is -3.17. The third-order valence-corrected chi connectivity index (χ3v) is 25.1. The van der Waals surface area contributed by atoms with Crippen LogP contribution in [0, 0.1) is 50.2 Å². The Morgan fingerprint density at radius 1 is 0.531 bits per heavy atom. The SMILES string of the molecule is CC1OC(OC2C(O)C(C)OC(OC(=O)C34CCC(C)(C)CC3C3=CCC5C6(C)CCC(OC7OC(C(=O)O)C(O)C(O)C7OC7OC(CO)C(O)C(O)C7O)C(C)(C=O)C6CCC5(C)C3(C)CC4)C2OC2OC(C)C(OC3OCC(O)C(O)C3O)C(O)C2O)C(O)C(O)C1O. The molecule has 31 nitrogen and oxygen atoms in total. The molecule has 0 bridgehead atoms. The van der Waals surface area contributed by atoms with Crippen LogP contribution in [0.15, 0.2) is 11.6 Å². The molecule has 0 spiro atoms. The summed E-state index contributed by atoms with van der Waals surface area (Å²) in [5, 5.41) is 174. The van der Waals surface area contributed by atoms with Gasteiger partial charge in [0.1, 0.15) is 116 Å². The van der Waals surface area contributed by atoms with Gasteiger partial charge in [0.05, 0.1) is 48.5 Å². The van der Waals surface area contributed by atoms with Gasteiger partial charge in [-0.3, -0.25) is 4.79 Å². The highest BCUT2D eigenvalue weighted by atomic mass is 16.8. The first-order valence-corrected chi connectivity index (χ1v) is 33.8. The predicted octanol–water partition coefficient (Wildman–Crippen LogP) is -3.39. The Kier molecular flexibility index (Phi) is 21.3. The topological polar surface area (TPSA) is 486 Å². The number of aliphatic carboxylic acids is 1. The molecule has 548 valence electrons. The van der Waals surface area contributed by atoms with Gasteiger partial charge < -0.3 is 143 Å². The maximum absolute atomic E-state index is 16.0. The Hall–Kier alpha value is -2.69. The summed E-state index contributed by atoms with van der Waals surface area (Å²) in [6, 6.07) is 0. The van der Waals surface area contributed by atoms with E-state index >= 15 is 4.79 Å². The van der Waals surface area contributed by atoms with Crippen LogP contribution in [-0.4, -0.2) is 297 Å². The molecule has 0 aromatic heterocycles. The summed E-state index contributed by atoms with van der Waals surface area (Å²) >= 11 is 0. The van der Waals surface area contributed by atoms with Crippen molar-refractivity contribution in [2.45, 2.75) is 311 Å². The Morgan fingerprint density at radius 3 is 1.75 bits per heavy atom. The largest absolute Gasteiger partial charge is 0.479 e. The predicted molar refractivity (Wildman–Crippen MR) is 319 cm³/mol. The minimum absolute atomic E-state index is 0.0673. The van der Waals surface area contributed by atoms with E-state index in [4.69, 9.17) is 56.8 Å². The first-order chi connectivity index (χ1) is 44.9. The summed E-state index contributed by atoms with van der Waals surface area (Å²) in [5.41, 5.74) is -3.28. The zero-order valence-electron chi connectivity index (χ0n) is 55.5. The monoisotopic (exact) mass is 1380 g/mol. The molecule has 11 rings (SSSR count). The molecule has 38 unspecified atom stereocenters. The number of aldehydes is 1. The van der Waals surface area contributed by atoms with Crippen molar-refractivity contribution in [3.8, 4) is 0 Å². The third kappa shape index (κ3) is 12.5. The Bertz CT molecular complexity index is 2800. The van der Waals surface area contributed by atoms with Crippen LogP contribution in [0.2, 0.25) is 0 Å². The van der Waals surface area contributed by atoms with Gasteiger partial charge in [0.2, 0.25) is 6.29 Å². The highest BCUT2D eigenvalue weighted by molar-refractivity contribution is 5.79. The van der Waals surface area contributed by atoms with E-state index in [0.29, 0.717) is 57.8 Å². The molecule has 11 aliphatic rings. The molecule has 4 saturated carbocycles. The molecule has 5 aliphatic carbocycles. The first kappa shape index (κ1) is 74.5. The molecule has 0 radical (unpaired) electrons. The zero-order valence-corrected chi connectivity index (χ0v) is 55.5. The number of aliphatic hydroxyl groups excluding tert-OH is 15. The molecule has 0 aromatic rings. The van der Waals surface area contributed by atoms with Gasteiger partial charge in [-0.25, -0.2) is 4.79 Å². The van der Waals surface area contributed by atoms with Gasteiger partial charge in [-0.15, -0.1) is 0 Å². The fraction of sp³-hybridized carbons (Fsp3) is 0.923. The minimum Gasteiger partial charge on any atom is -0.479 e. The molecule has 38 atom stereocenters.